The zero-order chi connectivity index (χ0) is 69.8. The van der Waals surface area contributed by atoms with E-state index in [1.165, 1.54) is 41.3 Å². The van der Waals surface area contributed by atoms with E-state index in [0.29, 0.717) is 120 Å². The molecule has 5 amide bonds. The molecule has 3 aliphatic heterocycles. The first kappa shape index (κ1) is 72.3. The van der Waals surface area contributed by atoms with Crippen molar-refractivity contribution < 1.29 is 73.3 Å². The van der Waals surface area contributed by atoms with E-state index >= 15 is 4.39 Å². The van der Waals surface area contributed by atoms with Crippen molar-refractivity contribution in [1.29, 1.82) is 0 Å². The van der Waals surface area contributed by atoms with Gasteiger partial charge in [0.15, 0.2) is 0 Å². The number of unbranched alkanes of at least 4 members (excludes halogenated alkanes) is 2. The summed E-state index contributed by atoms with van der Waals surface area (Å²) in [4.78, 5) is 77.0. The molecule has 3 heterocycles. The fraction of sp³-hybridized carbons (Fsp3) is 0.446. The Bertz CT molecular complexity index is 3700. The van der Waals surface area contributed by atoms with Crippen LogP contribution in [0.15, 0.2) is 140 Å². The van der Waals surface area contributed by atoms with E-state index in [0.717, 1.165) is 59.6 Å². The Morgan fingerprint density at radius 2 is 1.32 bits per heavy atom. The number of anilines is 2. The molecule has 1 spiro atoms. The fourth-order valence-electron chi connectivity index (χ4n) is 13.8. The highest BCUT2D eigenvalue weighted by atomic mass is 19.4. The average Bonchev–Trinajstić information content (AvgIpc) is 1.58. The van der Waals surface area contributed by atoms with Gasteiger partial charge in [0.2, 0.25) is 11.8 Å². The quantitative estimate of drug-likeness (QED) is 0.0394. The Balaban J connectivity index is 0.611. The van der Waals surface area contributed by atoms with Gasteiger partial charge in [0.1, 0.15) is 36.7 Å². The van der Waals surface area contributed by atoms with Crippen LogP contribution in [-0.4, -0.2) is 178 Å². The van der Waals surface area contributed by atoms with Crippen molar-refractivity contribution in [2.24, 2.45) is 0 Å². The summed E-state index contributed by atoms with van der Waals surface area (Å²) in [5.74, 6) is -2.98. The maximum atomic E-state index is 15.5. The molecule has 0 aromatic heterocycles. The zero-order valence-electron chi connectivity index (χ0n) is 55.4. The third kappa shape index (κ3) is 18.1. The van der Waals surface area contributed by atoms with Crippen molar-refractivity contribution in [1.82, 2.24) is 29.4 Å². The molecule has 4 aliphatic rings. The molecular formula is C74H84F8N8O8. The van der Waals surface area contributed by atoms with Gasteiger partial charge in [-0.1, -0.05) is 91.3 Å². The number of ether oxygens (including phenoxy) is 3. The highest BCUT2D eigenvalue weighted by Crippen LogP contribution is 2.49. The molecule has 2 atom stereocenters. The van der Waals surface area contributed by atoms with E-state index in [4.69, 9.17) is 14.2 Å². The molecule has 0 unspecified atom stereocenters. The molecule has 524 valence electrons. The summed E-state index contributed by atoms with van der Waals surface area (Å²) in [6, 6.07) is 36.1. The van der Waals surface area contributed by atoms with Gasteiger partial charge in [0, 0.05) is 102 Å². The number of benzene rings is 6. The van der Waals surface area contributed by atoms with E-state index < -0.39 is 76.3 Å². The van der Waals surface area contributed by atoms with Gasteiger partial charge in [-0.25, -0.2) is 13.6 Å². The second-order valence-electron chi connectivity index (χ2n) is 26.1. The SMILES string of the molecule is CN(CCN1CCC(OC(=O)Nc2ccccc2-c2ccccc2)CC1)C(=O)CCCCCNc1ccc(C(=O)N(C)CCCN(C)C(=O)CO[C@H]2Cc3ccccc3C23CCN(CC[C@]2(c4ccc(F)cc4)CN(C(=O)c4cc(C(F)(F)F)cc(C(F)(F)F)c4)CO2)CC3)c(F)c1. The van der Waals surface area contributed by atoms with Crippen molar-refractivity contribution in [2.75, 3.05) is 117 Å². The summed E-state index contributed by atoms with van der Waals surface area (Å²) < 4.78 is 131. The summed E-state index contributed by atoms with van der Waals surface area (Å²) in [6.07, 6.45) is -4.73. The Morgan fingerprint density at radius 3 is 2.02 bits per heavy atom. The van der Waals surface area contributed by atoms with Crippen LogP contribution in [0.4, 0.5) is 51.3 Å². The standard InChI is InChI=1S/C74H84F8N8O8/c1-85(34-14-35-87(3)69(94)61-27-26-58(47-63(61)76)83-33-13-5-8-21-66(91)86(2)41-42-88-36-28-59(29-37-88)98-70(95)84-64-20-12-10-18-60(64)51-15-6-4-7-16-51)67(92)48-96-65-45-52-17-9-11-19-62(52)71(65)30-38-89(39-31-71)40-32-72(54-22-24-57(75)25-23-54)49-90(50-97-72)68(93)53-43-55(73(77,78)79)46-56(44-53)74(80,81)82/h4,6-7,9-12,15-20,22-27,43-44,46-47,59,65,83H,5,8,13-14,21,28-42,45,48-50H2,1-3H3,(H,84,95)/t65-,72+/m0/s1. The van der Waals surface area contributed by atoms with Crippen LogP contribution in [0, 0.1) is 11.6 Å². The normalized spacial score (nSPS) is 18.1. The van der Waals surface area contributed by atoms with Gasteiger partial charge in [-0.2, -0.15) is 26.3 Å². The number of piperidine rings is 2. The molecule has 1 aliphatic carbocycles. The van der Waals surface area contributed by atoms with Crippen molar-refractivity contribution in [3.05, 3.63) is 190 Å². The van der Waals surface area contributed by atoms with E-state index in [1.54, 1.807) is 30.0 Å². The Morgan fingerprint density at radius 1 is 0.663 bits per heavy atom. The number of likely N-dealkylation sites (tertiary alicyclic amines) is 2. The molecule has 98 heavy (non-hydrogen) atoms. The number of nitrogens with zero attached hydrogens (tertiary/aromatic N) is 6. The van der Waals surface area contributed by atoms with Crippen LogP contribution in [-0.2, 0) is 53.6 Å². The molecule has 0 radical (unpaired) electrons. The first-order valence-corrected chi connectivity index (χ1v) is 33.4. The van der Waals surface area contributed by atoms with Crippen LogP contribution in [0.1, 0.15) is 113 Å². The molecule has 6 aromatic rings. The lowest BCUT2D eigenvalue weighted by Crippen LogP contribution is -2.50. The lowest BCUT2D eigenvalue weighted by atomic mass is 9.72. The number of hydrogen-bond donors (Lipinski definition) is 2. The maximum absolute atomic E-state index is 15.5. The molecule has 6 aromatic carbocycles. The molecule has 24 heteroatoms. The molecular weight excluding hydrogens is 1280 g/mol. The fourth-order valence-corrected chi connectivity index (χ4v) is 13.8. The Kier molecular flexibility index (Phi) is 23.6. The van der Waals surface area contributed by atoms with Gasteiger partial charge >= 0.3 is 18.4 Å². The number of halogens is 8. The summed E-state index contributed by atoms with van der Waals surface area (Å²) in [7, 11) is 5.06. The van der Waals surface area contributed by atoms with Crippen LogP contribution >= 0.6 is 0 Å². The van der Waals surface area contributed by atoms with Crippen LogP contribution in [0.25, 0.3) is 11.1 Å². The van der Waals surface area contributed by atoms with Crippen LogP contribution in [0.3, 0.4) is 0 Å². The first-order chi connectivity index (χ1) is 46.9. The van der Waals surface area contributed by atoms with Crippen molar-refractivity contribution >= 4 is 41.1 Å². The number of rotatable bonds is 26. The number of nitrogens with one attached hydrogen (secondary N) is 2. The Hall–Kier alpha value is -8.45. The average molecular weight is 1370 g/mol. The van der Waals surface area contributed by atoms with Gasteiger partial charge in [0.05, 0.1) is 35.0 Å². The van der Waals surface area contributed by atoms with Gasteiger partial charge in [-0.3, -0.25) is 24.5 Å². The number of para-hydroxylation sites is 1. The number of likely N-dealkylation sites (N-methyl/N-ethyl adjacent to an activating group) is 2. The molecule has 3 saturated heterocycles. The smallest absolute Gasteiger partial charge is 0.416 e. The Labute approximate surface area is 566 Å². The minimum atomic E-state index is -5.16. The van der Waals surface area contributed by atoms with E-state index in [1.807, 2.05) is 73.8 Å². The van der Waals surface area contributed by atoms with Crippen molar-refractivity contribution in [3.63, 3.8) is 0 Å². The second kappa shape index (κ2) is 32.0. The highest BCUT2D eigenvalue weighted by Gasteiger charge is 2.50. The lowest BCUT2D eigenvalue weighted by Gasteiger charge is -2.44. The van der Waals surface area contributed by atoms with E-state index in [9.17, 15) is 54.7 Å². The van der Waals surface area contributed by atoms with Gasteiger partial charge in [0.25, 0.3) is 11.8 Å². The molecule has 0 bridgehead atoms. The molecule has 16 nitrogen and oxygen atoms in total. The predicted molar refractivity (Wildman–Crippen MR) is 355 cm³/mol. The number of alkyl halides is 6. The van der Waals surface area contributed by atoms with E-state index in [-0.39, 0.29) is 61.8 Å². The summed E-state index contributed by atoms with van der Waals surface area (Å²) in [5, 5.41) is 6.13. The minimum absolute atomic E-state index is 0.0363. The van der Waals surface area contributed by atoms with Crippen LogP contribution in [0.5, 0.6) is 0 Å². The molecule has 10 rings (SSSR count). The van der Waals surface area contributed by atoms with Crippen LogP contribution < -0.4 is 10.6 Å². The van der Waals surface area contributed by atoms with Crippen LogP contribution in [0.2, 0.25) is 0 Å². The minimum Gasteiger partial charge on any atom is -0.446 e. The molecule has 3 fully saturated rings. The number of fused-ring (bicyclic) bond motifs is 2. The lowest BCUT2D eigenvalue weighted by molar-refractivity contribution is -0.143. The molecule has 0 saturated carbocycles. The van der Waals surface area contributed by atoms with Crippen molar-refractivity contribution in [3.8, 4) is 11.1 Å². The van der Waals surface area contributed by atoms with Gasteiger partial charge in [-0.15, -0.1) is 0 Å². The highest BCUT2D eigenvalue weighted by molar-refractivity contribution is 5.96. The maximum Gasteiger partial charge on any atom is 0.416 e. The largest absolute Gasteiger partial charge is 0.446 e. The third-order valence-corrected chi connectivity index (χ3v) is 19.6. The predicted octanol–water partition coefficient (Wildman–Crippen LogP) is 13.1. The topological polar surface area (TPSA) is 157 Å². The third-order valence-electron chi connectivity index (χ3n) is 19.6. The van der Waals surface area contributed by atoms with Gasteiger partial charge < -0.3 is 48.9 Å². The van der Waals surface area contributed by atoms with E-state index in [2.05, 4.69) is 32.6 Å². The summed E-state index contributed by atoms with van der Waals surface area (Å²) >= 11 is 0. The number of hydrogen-bond acceptors (Lipinski definition) is 11. The number of carbonyl (C=O) groups excluding carboxylic acids is 5. The molecule has 2 N–H and O–H groups in total. The summed E-state index contributed by atoms with van der Waals surface area (Å²) in [5.41, 5.74) is 0.0268. The van der Waals surface area contributed by atoms with Gasteiger partial charge in [-0.05, 0) is 148 Å². The second-order valence-corrected chi connectivity index (χ2v) is 26.1. The number of carbonyl (C=O) groups is 5. The van der Waals surface area contributed by atoms with Crippen molar-refractivity contribution in [2.45, 2.75) is 106 Å². The zero-order valence-corrected chi connectivity index (χ0v) is 55.4. The number of amides is 5. The first-order valence-electron chi connectivity index (χ1n) is 33.4. The monoisotopic (exact) mass is 1360 g/mol. The summed E-state index contributed by atoms with van der Waals surface area (Å²) in [6.45, 7) is 4.63.